The number of ether oxygens (including phenoxy) is 1. The highest BCUT2D eigenvalue weighted by molar-refractivity contribution is 4.66. The first-order valence-electron chi connectivity index (χ1n) is 5.42. The second kappa shape index (κ2) is 6.35. The van der Waals surface area contributed by atoms with Crippen LogP contribution in [0, 0.1) is 0 Å². The smallest absolute Gasteiger partial charge is 0.0594 e. The highest BCUT2D eigenvalue weighted by atomic mass is 16.5. The third-order valence-corrected chi connectivity index (χ3v) is 2.50. The van der Waals surface area contributed by atoms with Crippen molar-refractivity contribution in [1.82, 2.24) is 9.80 Å². The highest BCUT2D eigenvalue weighted by Crippen LogP contribution is 1.96. The Hall–Kier alpha value is -0.160. The fraction of sp³-hybridized carbons (Fsp3) is 1.00. The van der Waals surface area contributed by atoms with Crippen LogP contribution in [0.25, 0.3) is 0 Å². The van der Waals surface area contributed by atoms with E-state index in [1.54, 1.807) is 0 Å². The van der Waals surface area contributed by atoms with Crippen molar-refractivity contribution in [3.05, 3.63) is 0 Å². The van der Waals surface area contributed by atoms with E-state index < -0.39 is 0 Å². The number of nitrogens with zero attached hydrogens (tertiary/aromatic N) is 2. The van der Waals surface area contributed by atoms with Gasteiger partial charge in [0, 0.05) is 38.8 Å². The van der Waals surface area contributed by atoms with E-state index in [9.17, 15) is 0 Å². The zero-order chi connectivity index (χ0) is 10.4. The van der Waals surface area contributed by atoms with E-state index in [0.29, 0.717) is 0 Å². The van der Waals surface area contributed by atoms with Crippen LogP contribution < -0.4 is 5.73 Å². The lowest BCUT2D eigenvalue weighted by Gasteiger charge is -2.29. The van der Waals surface area contributed by atoms with Gasteiger partial charge in [-0.2, -0.15) is 0 Å². The van der Waals surface area contributed by atoms with Gasteiger partial charge in [-0.3, -0.25) is 4.90 Å². The molecule has 0 spiro atoms. The molecule has 4 nitrogen and oxygen atoms in total. The normalized spacial score (nSPS) is 21.4. The molecule has 0 aromatic rings. The van der Waals surface area contributed by atoms with Crippen molar-refractivity contribution in [1.29, 1.82) is 0 Å². The fourth-order valence-electron chi connectivity index (χ4n) is 1.72. The first-order chi connectivity index (χ1) is 6.68. The molecule has 0 amide bonds. The molecule has 84 valence electrons. The topological polar surface area (TPSA) is 41.7 Å². The number of likely N-dealkylation sites (N-methyl/N-ethyl adjacent to an activating group) is 1. The van der Waals surface area contributed by atoms with E-state index in [1.165, 1.54) is 0 Å². The van der Waals surface area contributed by atoms with Crippen molar-refractivity contribution in [2.24, 2.45) is 5.73 Å². The van der Waals surface area contributed by atoms with Gasteiger partial charge in [-0.1, -0.05) is 0 Å². The van der Waals surface area contributed by atoms with Gasteiger partial charge in [-0.05, 0) is 14.0 Å². The number of rotatable bonds is 5. The molecule has 0 aromatic heterocycles. The summed E-state index contributed by atoms with van der Waals surface area (Å²) in [6.45, 7) is 9.18. The maximum Gasteiger partial charge on any atom is 0.0594 e. The molecule has 1 rings (SSSR count). The van der Waals surface area contributed by atoms with Crippen molar-refractivity contribution >= 4 is 0 Å². The molecule has 0 aromatic carbocycles. The van der Waals surface area contributed by atoms with Crippen molar-refractivity contribution in [3.63, 3.8) is 0 Å². The third kappa shape index (κ3) is 4.91. The molecule has 4 heteroatoms. The molecule has 1 saturated heterocycles. The number of nitrogens with two attached hydrogens (primary N) is 1. The Morgan fingerprint density at radius 2 is 2.07 bits per heavy atom. The van der Waals surface area contributed by atoms with Crippen molar-refractivity contribution in [2.45, 2.75) is 13.0 Å². The molecule has 1 fully saturated rings. The molecule has 0 aliphatic carbocycles. The summed E-state index contributed by atoms with van der Waals surface area (Å²) in [5, 5.41) is 0. The van der Waals surface area contributed by atoms with Crippen molar-refractivity contribution in [3.8, 4) is 0 Å². The van der Waals surface area contributed by atoms with Crippen molar-refractivity contribution in [2.75, 3.05) is 53.0 Å². The minimum Gasteiger partial charge on any atom is -0.379 e. The highest BCUT2D eigenvalue weighted by Gasteiger charge is 2.10. The summed E-state index contributed by atoms with van der Waals surface area (Å²) in [5.41, 5.74) is 5.73. The second-order valence-electron chi connectivity index (χ2n) is 4.19. The molecule has 1 atom stereocenters. The van der Waals surface area contributed by atoms with Gasteiger partial charge < -0.3 is 15.4 Å². The second-order valence-corrected chi connectivity index (χ2v) is 4.19. The predicted octanol–water partition coefficient (Wildman–Crippen LogP) is -0.402. The molecule has 1 unspecified atom stereocenters. The van der Waals surface area contributed by atoms with Gasteiger partial charge in [0.05, 0.1) is 13.2 Å². The van der Waals surface area contributed by atoms with E-state index in [0.717, 1.165) is 45.9 Å². The van der Waals surface area contributed by atoms with E-state index >= 15 is 0 Å². The van der Waals surface area contributed by atoms with Crippen LogP contribution in [-0.4, -0.2) is 68.8 Å². The van der Waals surface area contributed by atoms with Gasteiger partial charge in [-0.25, -0.2) is 0 Å². The quantitative estimate of drug-likeness (QED) is 0.657. The third-order valence-electron chi connectivity index (χ3n) is 2.50. The Balaban J connectivity index is 2.06. The predicted molar refractivity (Wildman–Crippen MR) is 58.4 cm³/mol. The summed E-state index contributed by atoms with van der Waals surface area (Å²) in [6, 6.07) is 0.268. The number of morpholine rings is 1. The summed E-state index contributed by atoms with van der Waals surface area (Å²) in [7, 11) is 2.13. The first-order valence-corrected chi connectivity index (χ1v) is 5.42. The van der Waals surface area contributed by atoms with Crippen LogP contribution in [-0.2, 0) is 4.74 Å². The van der Waals surface area contributed by atoms with Gasteiger partial charge in [0.1, 0.15) is 0 Å². The molecule has 0 bridgehead atoms. The first kappa shape index (κ1) is 11.9. The molecular formula is C10H23N3O. The Kier molecular flexibility index (Phi) is 5.40. The van der Waals surface area contributed by atoms with E-state index in [1.807, 2.05) is 6.92 Å². The summed E-state index contributed by atoms with van der Waals surface area (Å²) in [5.74, 6) is 0. The lowest BCUT2D eigenvalue weighted by molar-refractivity contribution is 0.0343. The van der Waals surface area contributed by atoms with Gasteiger partial charge in [0.2, 0.25) is 0 Å². The fourth-order valence-corrected chi connectivity index (χ4v) is 1.72. The van der Waals surface area contributed by atoms with Crippen LogP contribution >= 0.6 is 0 Å². The number of hydrogen-bond donors (Lipinski definition) is 1. The standard InChI is InChI=1S/C10H23N3O/c1-10(11)9-12(2)3-4-13-5-7-14-8-6-13/h10H,3-9,11H2,1-2H3. The van der Waals surface area contributed by atoms with E-state index in [4.69, 9.17) is 10.5 Å². The molecule has 0 radical (unpaired) electrons. The molecule has 1 heterocycles. The van der Waals surface area contributed by atoms with Gasteiger partial charge in [-0.15, -0.1) is 0 Å². The average Bonchev–Trinajstić information content (AvgIpc) is 2.15. The Labute approximate surface area is 87.0 Å². The molecular weight excluding hydrogens is 178 g/mol. The summed E-state index contributed by atoms with van der Waals surface area (Å²) < 4.78 is 5.30. The zero-order valence-corrected chi connectivity index (χ0v) is 9.41. The Morgan fingerprint density at radius 1 is 1.43 bits per heavy atom. The van der Waals surface area contributed by atoms with E-state index in [-0.39, 0.29) is 6.04 Å². The van der Waals surface area contributed by atoms with Crippen molar-refractivity contribution < 1.29 is 4.74 Å². The van der Waals surface area contributed by atoms with Gasteiger partial charge >= 0.3 is 0 Å². The summed E-state index contributed by atoms with van der Waals surface area (Å²) >= 11 is 0. The van der Waals surface area contributed by atoms with Crippen LogP contribution in [0.15, 0.2) is 0 Å². The maximum atomic E-state index is 5.73. The average molecular weight is 201 g/mol. The maximum absolute atomic E-state index is 5.73. The van der Waals surface area contributed by atoms with Crippen LogP contribution in [0.5, 0.6) is 0 Å². The SMILES string of the molecule is CC(N)CN(C)CCN1CCOCC1. The monoisotopic (exact) mass is 201 g/mol. The number of hydrogen-bond acceptors (Lipinski definition) is 4. The Bertz CT molecular complexity index is 146. The van der Waals surface area contributed by atoms with Gasteiger partial charge in [0.15, 0.2) is 0 Å². The van der Waals surface area contributed by atoms with E-state index in [2.05, 4.69) is 16.8 Å². The minimum atomic E-state index is 0.268. The lowest BCUT2D eigenvalue weighted by atomic mass is 10.3. The summed E-state index contributed by atoms with van der Waals surface area (Å²) in [4.78, 5) is 4.74. The van der Waals surface area contributed by atoms with Crippen LogP contribution in [0.3, 0.4) is 0 Å². The Morgan fingerprint density at radius 3 is 2.64 bits per heavy atom. The molecule has 0 saturated carbocycles. The van der Waals surface area contributed by atoms with Crippen LogP contribution in [0.2, 0.25) is 0 Å². The summed E-state index contributed by atoms with van der Waals surface area (Å²) in [6.07, 6.45) is 0. The minimum absolute atomic E-state index is 0.268. The van der Waals surface area contributed by atoms with Crippen LogP contribution in [0.1, 0.15) is 6.92 Å². The lowest BCUT2D eigenvalue weighted by Crippen LogP contribution is -2.42. The van der Waals surface area contributed by atoms with Crippen LogP contribution in [0.4, 0.5) is 0 Å². The van der Waals surface area contributed by atoms with Gasteiger partial charge in [0.25, 0.3) is 0 Å². The molecule has 1 aliphatic heterocycles. The molecule has 14 heavy (non-hydrogen) atoms. The zero-order valence-electron chi connectivity index (χ0n) is 9.41. The largest absolute Gasteiger partial charge is 0.379 e. The molecule has 2 N–H and O–H groups in total. The molecule has 1 aliphatic rings.